The fourth-order valence-electron chi connectivity index (χ4n) is 2.25. The first-order valence-corrected chi connectivity index (χ1v) is 7.18. The van der Waals surface area contributed by atoms with E-state index >= 15 is 0 Å². The highest BCUT2D eigenvalue weighted by molar-refractivity contribution is 6.14. The van der Waals surface area contributed by atoms with Crippen molar-refractivity contribution in [3.8, 4) is 23.3 Å². The maximum atomic E-state index is 12.5. The number of alkyl halides is 2. The van der Waals surface area contributed by atoms with Gasteiger partial charge in [0.05, 0.1) is 0 Å². The third kappa shape index (κ3) is 3.75. The maximum absolute atomic E-state index is 12.5. The predicted molar refractivity (Wildman–Crippen MR) is 83.6 cm³/mol. The summed E-state index contributed by atoms with van der Waals surface area (Å²) in [5.41, 5.74) is 0.698. The van der Waals surface area contributed by atoms with Gasteiger partial charge < -0.3 is 14.2 Å². The van der Waals surface area contributed by atoms with E-state index in [1.807, 2.05) is 6.07 Å². The Morgan fingerprint density at radius 1 is 1.16 bits per heavy atom. The number of fused-ring (bicyclic) bond motifs is 1. The van der Waals surface area contributed by atoms with E-state index in [1.54, 1.807) is 12.1 Å². The molecule has 0 fully saturated rings. The zero-order valence-electron chi connectivity index (χ0n) is 12.7. The fraction of sp³-hybridized carbons (Fsp3) is 0.111. The highest BCUT2D eigenvalue weighted by atomic mass is 19.3. The Morgan fingerprint density at radius 3 is 2.56 bits per heavy atom. The Hall–Kier alpha value is -3.40. The minimum absolute atomic E-state index is 0.00671. The highest BCUT2D eigenvalue weighted by Gasteiger charge is 2.18. The van der Waals surface area contributed by atoms with Crippen molar-refractivity contribution >= 4 is 11.9 Å². The topological polar surface area (TPSA) is 68.5 Å². The third-order valence-electron chi connectivity index (χ3n) is 3.42. The van der Waals surface area contributed by atoms with Gasteiger partial charge in [-0.3, -0.25) is 4.79 Å². The molecule has 1 aliphatic heterocycles. The van der Waals surface area contributed by atoms with Gasteiger partial charge in [0.2, 0.25) is 12.6 Å². The van der Waals surface area contributed by atoms with E-state index < -0.39 is 12.4 Å². The summed E-state index contributed by atoms with van der Waals surface area (Å²) >= 11 is 0. The second kappa shape index (κ2) is 7.01. The molecule has 7 heteroatoms. The van der Waals surface area contributed by atoms with Crippen LogP contribution in [-0.4, -0.2) is 19.2 Å². The SMILES string of the molecule is N#C/C(=C\c1ccc(OC(F)F)cc1)C(=O)c1ccc2c(c1)OCO2. The molecule has 0 bridgehead atoms. The number of carbonyl (C=O) groups excluding carboxylic acids is 1. The molecule has 0 aromatic heterocycles. The average Bonchev–Trinajstić information content (AvgIpc) is 3.07. The molecule has 25 heavy (non-hydrogen) atoms. The summed E-state index contributed by atoms with van der Waals surface area (Å²) in [6.07, 6.45) is 1.37. The molecule has 0 radical (unpaired) electrons. The van der Waals surface area contributed by atoms with Crippen molar-refractivity contribution in [2.45, 2.75) is 6.61 Å². The molecule has 0 N–H and O–H groups in total. The summed E-state index contributed by atoms with van der Waals surface area (Å²) in [5.74, 6) is 0.492. The normalized spacial score (nSPS) is 12.8. The molecule has 5 nitrogen and oxygen atoms in total. The first kappa shape index (κ1) is 16.5. The number of ketones is 1. The van der Waals surface area contributed by atoms with Gasteiger partial charge in [-0.2, -0.15) is 14.0 Å². The lowest BCUT2D eigenvalue weighted by Gasteiger charge is -2.04. The minimum atomic E-state index is -2.91. The molecular formula is C18H11F2NO4. The van der Waals surface area contributed by atoms with Crippen LogP contribution in [0.3, 0.4) is 0 Å². The Kier molecular flexibility index (Phi) is 4.61. The van der Waals surface area contributed by atoms with Gasteiger partial charge in [-0.15, -0.1) is 0 Å². The molecule has 0 aliphatic carbocycles. The van der Waals surface area contributed by atoms with Crippen molar-refractivity contribution in [2.24, 2.45) is 0 Å². The molecule has 1 aliphatic rings. The van der Waals surface area contributed by atoms with Crippen molar-refractivity contribution in [1.29, 1.82) is 5.26 Å². The number of Topliss-reactive ketones (excluding diaryl/α,β-unsaturated/α-hetero) is 1. The van der Waals surface area contributed by atoms with E-state index in [2.05, 4.69) is 4.74 Å². The third-order valence-corrected chi connectivity index (χ3v) is 3.42. The van der Waals surface area contributed by atoms with Gasteiger partial charge in [0.25, 0.3) is 0 Å². The van der Waals surface area contributed by atoms with E-state index in [0.717, 1.165) is 0 Å². The first-order valence-electron chi connectivity index (χ1n) is 7.18. The highest BCUT2D eigenvalue weighted by Crippen LogP contribution is 2.33. The van der Waals surface area contributed by atoms with Gasteiger partial charge in [0, 0.05) is 5.56 Å². The smallest absolute Gasteiger partial charge is 0.387 e. The molecule has 0 saturated carbocycles. The molecule has 126 valence electrons. The van der Waals surface area contributed by atoms with E-state index in [0.29, 0.717) is 17.1 Å². The van der Waals surface area contributed by atoms with Crippen LogP contribution in [0.15, 0.2) is 48.0 Å². The summed E-state index contributed by atoms with van der Waals surface area (Å²) < 4.78 is 38.9. The van der Waals surface area contributed by atoms with Gasteiger partial charge in [-0.25, -0.2) is 0 Å². The van der Waals surface area contributed by atoms with Crippen molar-refractivity contribution in [3.05, 3.63) is 59.2 Å². The monoisotopic (exact) mass is 343 g/mol. The zero-order chi connectivity index (χ0) is 17.8. The van der Waals surface area contributed by atoms with E-state index in [4.69, 9.17) is 9.47 Å². The number of rotatable bonds is 5. The predicted octanol–water partition coefficient (Wildman–Crippen LogP) is 3.81. The number of carbonyl (C=O) groups is 1. The van der Waals surface area contributed by atoms with Gasteiger partial charge in [-0.1, -0.05) is 12.1 Å². The molecular weight excluding hydrogens is 332 g/mol. The van der Waals surface area contributed by atoms with Gasteiger partial charge >= 0.3 is 6.61 Å². The molecule has 2 aromatic rings. The summed E-state index contributed by atoms with van der Waals surface area (Å²) in [6.45, 7) is -2.83. The molecule has 0 spiro atoms. The number of nitriles is 1. The number of hydrogen-bond donors (Lipinski definition) is 0. The average molecular weight is 343 g/mol. The van der Waals surface area contributed by atoms with Crippen LogP contribution in [0.1, 0.15) is 15.9 Å². The van der Waals surface area contributed by atoms with Crippen molar-refractivity contribution in [2.75, 3.05) is 6.79 Å². The van der Waals surface area contributed by atoms with Crippen LogP contribution in [0.4, 0.5) is 8.78 Å². The van der Waals surface area contributed by atoms with Gasteiger partial charge in [0.15, 0.2) is 11.5 Å². The number of hydrogen-bond acceptors (Lipinski definition) is 5. The van der Waals surface area contributed by atoms with Gasteiger partial charge in [0.1, 0.15) is 17.4 Å². The van der Waals surface area contributed by atoms with Crippen LogP contribution in [0.25, 0.3) is 6.08 Å². The van der Waals surface area contributed by atoms with Crippen molar-refractivity contribution in [1.82, 2.24) is 0 Å². The lowest BCUT2D eigenvalue weighted by molar-refractivity contribution is -0.0498. The van der Waals surface area contributed by atoms with Crippen molar-refractivity contribution in [3.63, 3.8) is 0 Å². The summed E-state index contributed by atoms with van der Waals surface area (Å²) in [4.78, 5) is 12.5. The summed E-state index contributed by atoms with van der Waals surface area (Å²) in [7, 11) is 0. The van der Waals surface area contributed by atoms with E-state index in [1.165, 1.54) is 36.4 Å². The van der Waals surface area contributed by atoms with Crippen LogP contribution in [0.5, 0.6) is 17.2 Å². The Morgan fingerprint density at radius 2 is 1.88 bits per heavy atom. The standard InChI is InChI=1S/C18H11F2NO4/c19-18(20)25-14-4-1-11(2-5-14)7-13(9-21)17(22)12-3-6-15-16(8-12)24-10-23-15/h1-8,18H,10H2/b13-7+. The molecule has 0 unspecified atom stereocenters. The van der Waals surface area contributed by atoms with Crippen LogP contribution < -0.4 is 14.2 Å². The molecule has 0 atom stereocenters. The minimum Gasteiger partial charge on any atom is -0.454 e. The summed E-state index contributed by atoms with van der Waals surface area (Å²) in [5, 5.41) is 9.27. The molecule has 3 rings (SSSR count). The number of ether oxygens (including phenoxy) is 3. The molecule has 2 aromatic carbocycles. The number of nitrogens with zero attached hydrogens (tertiary/aromatic N) is 1. The Balaban J connectivity index is 1.82. The second-order valence-corrected chi connectivity index (χ2v) is 5.01. The number of allylic oxidation sites excluding steroid dienone is 1. The lowest BCUT2D eigenvalue weighted by Crippen LogP contribution is -2.02. The fourth-order valence-corrected chi connectivity index (χ4v) is 2.25. The number of halogens is 2. The van der Waals surface area contributed by atoms with Crippen LogP contribution in [0.2, 0.25) is 0 Å². The van der Waals surface area contributed by atoms with Crippen LogP contribution in [0, 0.1) is 11.3 Å². The van der Waals surface area contributed by atoms with Crippen LogP contribution in [-0.2, 0) is 0 Å². The Bertz CT molecular complexity index is 870. The van der Waals surface area contributed by atoms with Crippen LogP contribution >= 0.6 is 0 Å². The summed E-state index contributed by atoms with van der Waals surface area (Å²) in [6, 6.07) is 12.1. The van der Waals surface area contributed by atoms with E-state index in [-0.39, 0.29) is 23.7 Å². The van der Waals surface area contributed by atoms with Crippen molar-refractivity contribution < 1.29 is 27.8 Å². The molecule has 0 amide bonds. The maximum Gasteiger partial charge on any atom is 0.387 e. The Labute approximate surface area is 141 Å². The first-order chi connectivity index (χ1) is 12.1. The van der Waals surface area contributed by atoms with Gasteiger partial charge in [-0.05, 0) is 42.0 Å². The number of benzene rings is 2. The quantitative estimate of drug-likeness (QED) is 0.469. The largest absolute Gasteiger partial charge is 0.454 e. The zero-order valence-corrected chi connectivity index (χ0v) is 12.7. The second-order valence-electron chi connectivity index (χ2n) is 5.01. The molecule has 1 heterocycles. The molecule has 0 saturated heterocycles. The lowest BCUT2D eigenvalue weighted by atomic mass is 10.0. The van der Waals surface area contributed by atoms with E-state index in [9.17, 15) is 18.8 Å².